The number of alkyl halides is 3. The monoisotopic (exact) mass is 750 g/mol. The zero-order valence-corrected chi connectivity index (χ0v) is 29.0. The van der Waals surface area contributed by atoms with Crippen LogP contribution in [0.2, 0.25) is 0 Å². The van der Waals surface area contributed by atoms with Gasteiger partial charge in [-0.2, -0.15) is 13.2 Å². The van der Waals surface area contributed by atoms with Crippen LogP contribution in [0.1, 0.15) is 33.6 Å². The number of ether oxygens (including phenoxy) is 1. The molecule has 0 saturated heterocycles. The van der Waals surface area contributed by atoms with Crippen molar-refractivity contribution in [1.29, 1.82) is 0 Å². The van der Waals surface area contributed by atoms with Crippen LogP contribution in [-0.4, -0.2) is 65.5 Å². The minimum Gasteiger partial charge on any atom is -0.484 e. The molecular weight excluding hydrogens is 714 g/mol. The number of carbonyl (C=O) groups is 5. The summed E-state index contributed by atoms with van der Waals surface area (Å²) < 4.78 is 45.5. The van der Waals surface area contributed by atoms with E-state index >= 15 is 0 Å². The molecule has 1 aromatic heterocycles. The second-order valence-electron chi connectivity index (χ2n) is 12.5. The van der Waals surface area contributed by atoms with E-state index in [1.54, 1.807) is 53.9 Å². The van der Waals surface area contributed by atoms with E-state index in [0.717, 1.165) is 22.6 Å². The molecule has 2 bridgehead atoms. The van der Waals surface area contributed by atoms with Gasteiger partial charge in [0.15, 0.2) is 6.61 Å². The van der Waals surface area contributed by atoms with Crippen molar-refractivity contribution in [3.05, 3.63) is 124 Å². The molecule has 2 aliphatic heterocycles. The largest absolute Gasteiger partial charge is 0.484 e. The lowest BCUT2D eigenvalue weighted by Crippen LogP contribution is -2.59. The molecule has 0 spiro atoms. The fourth-order valence-electron chi connectivity index (χ4n) is 5.70. The fraction of sp³-hybridized carbons (Fsp3) is 0.289. The zero-order valence-electron chi connectivity index (χ0n) is 28.2. The van der Waals surface area contributed by atoms with Gasteiger partial charge >= 0.3 is 12.1 Å². The van der Waals surface area contributed by atoms with E-state index in [-0.39, 0.29) is 31.2 Å². The highest BCUT2D eigenvalue weighted by Gasteiger charge is 2.33. The van der Waals surface area contributed by atoms with Gasteiger partial charge in [0.2, 0.25) is 17.7 Å². The number of rotatable bonds is 8. The number of thiophene rings is 1. The number of hydrogen-bond donors (Lipinski definition) is 5. The average Bonchev–Trinajstić information content (AvgIpc) is 3.65. The minimum atomic E-state index is -4.60. The third-order valence-electron chi connectivity index (χ3n) is 8.54. The van der Waals surface area contributed by atoms with E-state index in [9.17, 15) is 42.3 Å². The second kappa shape index (κ2) is 17.7. The quantitative estimate of drug-likeness (QED) is 0.171. The van der Waals surface area contributed by atoms with E-state index in [4.69, 9.17) is 4.74 Å². The molecule has 4 atom stereocenters. The first kappa shape index (κ1) is 38.5. The third-order valence-corrected chi connectivity index (χ3v) is 9.44. The summed E-state index contributed by atoms with van der Waals surface area (Å²) >= 11 is 1.34. The topological polar surface area (TPSA) is 163 Å². The number of halogens is 3. The van der Waals surface area contributed by atoms with Gasteiger partial charge in [0.25, 0.3) is 5.91 Å². The predicted octanol–water partition coefficient (Wildman–Crippen LogP) is 3.84. The molecule has 278 valence electrons. The maximum atomic E-state index is 14.1. The number of hydrogen-bond acceptors (Lipinski definition) is 7. The normalized spacial score (nSPS) is 20.4. The first-order chi connectivity index (χ1) is 25.3. The molecule has 15 heteroatoms. The van der Waals surface area contributed by atoms with Crippen molar-refractivity contribution >= 4 is 40.9 Å². The summed E-state index contributed by atoms with van der Waals surface area (Å²) in [6, 6.07) is 17.7. The Morgan fingerprint density at radius 2 is 1.38 bits per heavy atom. The van der Waals surface area contributed by atoms with Crippen molar-refractivity contribution in [3.8, 4) is 5.75 Å². The number of nitrogens with one attached hydrogen (secondary N) is 4. The summed E-state index contributed by atoms with van der Waals surface area (Å²) in [7, 11) is 0. The minimum absolute atomic E-state index is 0.0397. The molecule has 2 aliphatic rings. The number of aryl methyl sites for hydroxylation is 1. The number of carboxylic acid groups (broad SMARTS) is 1. The smallest absolute Gasteiger partial charge is 0.416 e. The summed E-state index contributed by atoms with van der Waals surface area (Å²) in [4.78, 5) is 67.8. The molecule has 11 nitrogen and oxygen atoms in total. The summed E-state index contributed by atoms with van der Waals surface area (Å²) in [6.45, 7) is -0.472. The molecule has 5 N–H and O–H groups in total. The molecule has 4 amide bonds. The molecule has 0 aliphatic carbocycles. The van der Waals surface area contributed by atoms with Crippen LogP contribution in [0.25, 0.3) is 0 Å². The van der Waals surface area contributed by atoms with Crippen LogP contribution in [0.4, 0.5) is 13.2 Å². The number of carbonyl (C=O) groups excluding carboxylic acids is 4. The summed E-state index contributed by atoms with van der Waals surface area (Å²) in [5.41, 5.74) is 0.741. The zero-order chi connectivity index (χ0) is 38.0. The Bertz CT molecular complexity index is 1870. The Kier molecular flexibility index (Phi) is 12.9. The van der Waals surface area contributed by atoms with E-state index in [1.807, 2.05) is 18.2 Å². The Morgan fingerprint density at radius 3 is 2.00 bits per heavy atom. The summed E-state index contributed by atoms with van der Waals surface area (Å²) in [5.74, 6) is -4.08. The summed E-state index contributed by atoms with van der Waals surface area (Å²) in [5, 5.41) is 22.3. The molecular formula is C38H37F3N4O7S. The molecule has 0 fully saturated rings. The highest BCUT2D eigenvalue weighted by atomic mass is 32.1. The highest BCUT2D eigenvalue weighted by Crippen LogP contribution is 2.29. The molecule has 53 heavy (non-hydrogen) atoms. The van der Waals surface area contributed by atoms with Crippen molar-refractivity contribution in [1.82, 2.24) is 21.3 Å². The van der Waals surface area contributed by atoms with Crippen molar-refractivity contribution in [2.75, 3.05) is 6.61 Å². The summed E-state index contributed by atoms with van der Waals surface area (Å²) in [6.07, 6.45) is -4.59. The Balaban J connectivity index is 1.49. The third kappa shape index (κ3) is 11.4. The van der Waals surface area contributed by atoms with Crippen molar-refractivity contribution in [3.63, 3.8) is 0 Å². The van der Waals surface area contributed by atoms with Crippen LogP contribution in [0.15, 0.2) is 96.4 Å². The number of amides is 4. The van der Waals surface area contributed by atoms with Gasteiger partial charge in [0.1, 0.15) is 29.9 Å². The van der Waals surface area contributed by atoms with Crippen molar-refractivity contribution < 1.29 is 47.0 Å². The van der Waals surface area contributed by atoms with Crippen LogP contribution < -0.4 is 26.0 Å². The van der Waals surface area contributed by atoms with Crippen LogP contribution in [0, 0.1) is 0 Å². The van der Waals surface area contributed by atoms with Crippen LogP contribution in [0.5, 0.6) is 5.75 Å². The fourth-order valence-corrected chi connectivity index (χ4v) is 6.45. The van der Waals surface area contributed by atoms with Crippen molar-refractivity contribution in [2.24, 2.45) is 0 Å². The van der Waals surface area contributed by atoms with Gasteiger partial charge < -0.3 is 31.1 Å². The standard InChI is InChI=1S/C38H37F3N4O7S/c39-38(40,41)26-13-8-24(9-14-26)19-30-35(48)43-29(17-12-23-5-2-1-3-6-23)34(47)45-32(37(50)51)20-25-10-15-27(16-11-25)52-22-33(46)42-31(36(49)44-30)21-28-7-4-18-53-28/h1-11,13-16,18,29-32H,12,17,19-22H2,(H,42,46)(H,43,48)(H,44,49)(H,45,47)(H,50,51). The lowest BCUT2D eigenvalue weighted by Gasteiger charge is -2.26. The van der Waals surface area contributed by atoms with Crippen LogP contribution in [0.3, 0.4) is 0 Å². The molecule has 0 saturated carbocycles. The van der Waals surface area contributed by atoms with Gasteiger partial charge in [0, 0.05) is 24.1 Å². The Hall–Kier alpha value is -5.70. The maximum absolute atomic E-state index is 14.1. The van der Waals surface area contributed by atoms with Gasteiger partial charge in [0.05, 0.1) is 5.56 Å². The van der Waals surface area contributed by atoms with E-state index in [0.29, 0.717) is 17.7 Å². The Labute approximate surface area is 306 Å². The molecule has 4 unspecified atom stereocenters. The van der Waals surface area contributed by atoms with Crippen LogP contribution >= 0.6 is 11.3 Å². The molecule has 6 rings (SSSR count). The predicted molar refractivity (Wildman–Crippen MR) is 189 cm³/mol. The molecule has 0 radical (unpaired) electrons. The lowest BCUT2D eigenvalue weighted by atomic mass is 10.00. The Morgan fingerprint density at radius 1 is 0.736 bits per heavy atom. The van der Waals surface area contributed by atoms with E-state index < -0.39 is 72.1 Å². The first-order valence-electron chi connectivity index (χ1n) is 16.7. The van der Waals surface area contributed by atoms with E-state index in [1.165, 1.54) is 23.5 Å². The highest BCUT2D eigenvalue weighted by molar-refractivity contribution is 7.09. The molecule has 4 aromatic rings. The van der Waals surface area contributed by atoms with Gasteiger partial charge in [-0.1, -0.05) is 60.7 Å². The lowest BCUT2D eigenvalue weighted by molar-refractivity contribution is -0.142. The number of benzene rings is 3. The van der Waals surface area contributed by atoms with Crippen molar-refractivity contribution in [2.45, 2.75) is 62.4 Å². The van der Waals surface area contributed by atoms with Gasteiger partial charge in [-0.3, -0.25) is 19.2 Å². The molecule has 3 aromatic carbocycles. The van der Waals surface area contributed by atoms with Gasteiger partial charge in [-0.15, -0.1) is 11.3 Å². The van der Waals surface area contributed by atoms with Crippen LogP contribution in [-0.2, 0) is 55.8 Å². The van der Waals surface area contributed by atoms with E-state index in [2.05, 4.69) is 21.3 Å². The number of carboxylic acids is 1. The number of aliphatic carboxylic acids is 1. The van der Waals surface area contributed by atoms with Gasteiger partial charge in [-0.05, 0) is 65.2 Å². The maximum Gasteiger partial charge on any atom is 0.416 e. The number of fused-ring (bicyclic) bond motifs is 16. The SMILES string of the molecule is O=C1COc2ccc(cc2)CC(C(=O)O)NC(=O)C(CCc2ccccc2)NC(=O)C(Cc2ccc(C(F)(F)F)cc2)NC(=O)C(Cc2cccs2)N1. The second-order valence-corrected chi connectivity index (χ2v) is 13.5. The average molecular weight is 751 g/mol. The van der Waals surface area contributed by atoms with Gasteiger partial charge in [-0.25, -0.2) is 4.79 Å². The first-order valence-corrected chi connectivity index (χ1v) is 17.6. The molecule has 3 heterocycles.